The van der Waals surface area contributed by atoms with E-state index in [9.17, 15) is 0 Å². The van der Waals surface area contributed by atoms with Gasteiger partial charge < -0.3 is 5.32 Å². The van der Waals surface area contributed by atoms with E-state index >= 15 is 0 Å². The quantitative estimate of drug-likeness (QED) is 0.785. The minimum absolute atomic E-state index is 0.676. The van der Waals surface area contributed by atoms with Crippen LogP contribution >= 0.6 is 11.3 Å². The van der Waals surface area contributed by atoms with Crippen molar-refractivity contribution in [2.45, 2.75) is 20.4 Å². The number of rotatable bonds is 3. The van der Waals surface area contributed by atoms with Crippen LogP contribution < -0.4 is 5.32 Å². The van der Waals surface area contributed by atoms with Gasteiger partial charge in [0.2, 0.25) is 5.95 Å². The monoisotopic (exact) mass is 258 g/mol. The highest BCUT2D eigenvalue weighted by Gasteiger charge is 2.04. The van der Waals surface area contributed by atoms with Crippen molar-refractivity contribution in [3.63, 3.8) is 0 Å². The average Bonchev–Trinajstić information content (AvgIpc) is 2.93. The number of aromatic nitrogens is 3. The van der Waals surface area contributed by atoms with Crippen LogP contribution in [0.5, 0.6) is 0 Å². The van der Waals surface area contributed by atoms with Crippen molar-refractivity contribution < 1.29 is 0 Å². The zero-order valence-electron chi connectivity index (χ0n) is 10.3. The van der Waals surface area contributed by atoms with Crippen LogP contribution in [0.15, 0.2) is 30.3 Å². The van der Waals surface area contributed by atoms with Crippen LogP contribution in [-0.2, 0) is 6.54 Å². The largest absolute Gasteiger partial charge is 0.348 e. The maximum Gasteiger partial charge on any atom is 0.243 e. The number of anilines is 1. The Bertz CT molecular complexity index is 683. The molecule has 3 aromatic rings. The van der Waals surface area contributed by atoms with Gasteiger partial charge in [0.1, 0.15) is 0 Å². The zero-order valence-corrected chi connectivity index (χ0v) is 11.2. The highest BCUT2D eigenvalue weighted by molar-refractivity contribution is 7.11. The highest BCUT2D eigenvalue weighted by atomic mass is 32.1. The van der Waals surface area contributed by atoms with Gasteiger partial charge >= 0.3 is 0 Å². The van der Waals surface area contributed by atoms with E-state index in [2.05, 4.69) is 34.5 Å². The minimum Gasteiger partial charge on any atom is -0.348 e. The summed E-state index contributed by atoms with van der Waals surface area (Å²) in [5.41, 5.74) is 1.96. The van der Waals surface area contributed by atoms with E-state index in [0.717, 1.165) is 17.9 Å². The predicted molar refractivity (Wildman–Crippen MR) is 74.1 cm³/mol. The second-order valence-corrected chi connectivity index (χ2v) is 5.61. The number of hydrogen-bond donors (Lipinski definition) is 1. The summed E-state index contributed by atoms with van der Waals surface area (Å²) in [6, 6.07) is 10.2. The van der Waals surface area contributed by atoms with E-state index in [0.29, 0.717) is 5.95 Å². The van der Waals surface area contributed by atoms with Gasteiger partial charge in [-0.1, -0.05) is 6.07 Å². The molecular formula is C13H14N4S. The van der Waals surface area contributed by atoms with Gasteiger partial charge in [0.05, 0.1) is 6.54 Å². The number of aryl methyl sites for hydroxylation is 2. The number of hydrogen-bond acceptors (Lipinski definition) is 4. The molecule has 0 aliphatic heterocycles. The van der Waals surface area contributed by atoms with Crippen LogP contribution in [0.2, 0.25) is 0 Å². The topological polar surface area (TPSA) is 42.2 Å². The fourth-order valence-corrected chi connectivity index (χ4v) is 2.69. The summed E-state index contributed by atoms with van der Waals surface area (Å²) in [4.78, 5) is 7.06. The van der Waals surface area contributed by atoms with E-state index in [-0.39, 0.29) is 0 Å². The normalized spacial score (nSPS) is 11.0. The number of fused-ring (bicyclic) bond motifs is 1. The molecule has 0 atom stereocenters. The van der Waals surface area contributed by atoms with Crippen LogP contribution in [0, 0.1) is 13.8 Å². The lowest BCUT2D eigenvalue weighted by Gasteiger charge is -1.97. The standard InChI is InChI=1S/C13H14N4S/c1-9-4-3-5-12-15-13(16-17(9)12)14-8-11-7-6-10(2)18-11/h3-7H,8H2,1-2H3,(H,14,16). The molecule has 0 spiro atoms. The summed E-state index contributed by atoms with van der Waals surface area (Å²) in [5, 5.41) is 7.69. The van der Waals surface area contributed by atoms with E-state index < -0.39 is 0 Å². The molecule has 0 fully saturated rings. The van der Waals surface area contributed by atoms with E-state index in [1.54, 1.807) is 11.3 Å². The van der Waals surface area contributed by atoms with E-state index in [4.69, 9.17) is 0 Å². The van der Waals surface area contributed by atoms with Crippen LogP contribution in [0.4, 0.5) is 5.95 Å². The van der Waals surface area contributed by atoms with Gasteiger partial charge in [0.25, 0.3) is 0 Å². The summed E-state index contributed by atoms with van der Waals surface area (Å²) in [6.07, 6.45) is 0. The Balaban J connectivity index is 1.81. The molecule has 0 amide bonds. The molecule has 3 aromatic heterocycles. The zero-order chi connectivity index (χ0) is 12.5. The molecule has 5 heteroatoms. The van der Waals surface area contributed by atoms with Gasteiger partial charge in [-0.3, -0.25) is 0 Å². The van der Waals surface area contributed by atoms with Gasteiger partial charge in [0.15, 0.2) is 5.65 Å². The highest BCUT2D eigenvalue weighted by Crippen LogP contribution is 2.16. The second-order valence-electron chi connectivity index (χ2n) is 4.24. The second kappa shape index (κ2) is 4.42. The molecule has 18 heavy (non-hydrogen) atoms. The molecule has 0 unspecified atom stereocenters. The molecular weight excluding hydrogens is 244 g/mol. The lowest BCUT2D eigenvalue weighted by molar-refractivity contribution is 0.910. The maximum atomic E-state index is 4.44. The summed E-state index contributed by atoms with van der Waals surface area (Å²) < 4.78 is 1.85. The van der Waals surface area contributed by atoms with E-state index in [1.165, 1.54) is 9.75 Å². The Morgan fingerprint density at radius 3 is 2.83 bits per heavy atom. The summed E-state index contributed by atoms with van der Waals surface area (Å²) in [5.74, 6) is 0.676. The van der Waals surface area contributed by atoms with Gasteiger partial charge in [-0.25, -0.2) is 4.52 Å². The van der Waals surface area contributed by atoms with E-state index in [1.807, 2.05) is 29.6 Å². The van der Waals surface area contributed by atoms with Crippen molar-refractivity contribution in [2.75, 3.05) is 5.32 Å². The summed E-state index contributed by atoms with van der Waals surface area (Å²) in [6.45, 7) is 4.91. The Kier molecular flexibility index (Phi) is 2.76. The lowest BCUT2D eigenvalue weighted by atomic mass is 10.4. The number of pyridine rings is 1. The lowest BCUT2D eigenvalue weighted by Crippen LogP contribution is -1.99. The van der Waals surface area contributed by atoms with Crippen LogP contribution in [-0.4, -0.2) is 14.6 Å². The van der Waals surface area contributed by atoms with Crippen molar-refractivity contribution in [1.82, 2.24) is 14.6 Å². The first-order valence-corrected chi connectivity index (χ1v) is 6.65. The third-order valence-electron chi connectivity index (χ3n) is 2.77. The number of thiophene rings is 1. The van der Waals surface area contributed by atoms with Crippen LogP contribution in [0.3, 0.4) is 0 Å². The summed E-state index contributed by atoms with van der Waals surface area (Å²) >= 11 is 1.79. The molecule has 92 valence electrons. The Morgan fingerprint density at radius 1 is 1.22 bits per heavy atom. The van der Waals surface area contributed by atoms with Gasteiger partial charge in [-0.05, 0) is 38.1 Å². The molecule has 3 rings (SSSR count). The van der Waals surface area contributed by atoms with Gasteiger partial charge in [-0.15, -0.1) is 16.4 Å². The SMILES string of the molecule is Cc1ccc(CNc2nc3cccc(C)n3n2)s1. The molecule has 0 aliphatic carbocycles. The molecule has 0 saturated heterocycles. The number of nitrogens with one attached hydrogen (secondary N) is 1. The van der Waals surface area contributed by atoms with Crippen molar-refractivity contribution in [3.8, 4) is 0 Å². The molecule has 0 saturated carbocycles. The third-order valence-corrected chi connectivity index (χ3v) is 3.77. The predicted octanol–water partition coefficient (Wildman–Crippen LogP) is 3.02. The molecule has 4 nitrogen and oxygen atoms in total. The summed E-state index contributed by atoms with van der Waals surface area (Å²) in [7, 11) is 0. The smallest absolute Gasteiger partial charge is 0.243 e. The molecule has 0 aromatic carbocycles. The Morgan fingerprint density at radius 2 is 2.11 bits per heavy atom. The first-order chi connectivity index (χ1) is 8.72. The minimum atomic E-state index is 0.676. The molecule has 0 radical (unpaired) electrons. The molecule has 0 bridgehead atoms. The van der Waals surface area contributed by atoms with Crippen LogP contribution in [0.1, 0.15) is 15.4 Å². The van der Waals surface area contributed by atoms with Crippen molar-refractivity contribution in [1.29, 1.82) is 0 Å². The molecule has 1 N–H and O–H groups in total. The average molecular weight is 258 g/mol. The Hall–Kier alpha value is -1.88. The molecule has 0 aliphatic rings. The fraction of sp³-hybridized carbons (Fsp3) is 0.231. The van der Waals surface area contributed by atoms with Crippen LogP contribution in [0.25, 0.3) is 5.65 Å². The van der Waals surface area contributed by atoms with Gasteiger partial charge in [-0.2, -0.15) is 4.98 Å². The fourth-order valence-electron chi connectivity index (χ4n) is 1.86. The first kappa shape index (κ1) is 11.2. The van der Waals surface area contributed by atoms with Crippen molar-refractivity contribution in [2.24, 2.45) is 0 Å². The Labute approximate surface area is 109 Å². The van der Waals surface area contributed by atoms with Crippen molar-refractivity contribution >= 4 is 22.9 Å². The molecule has 3 heterocycles. The first-order valence-electron chi connectivity index (χ1n) is 5.84. The maximum absolute atomic E-state index is 4.44. The van der Waals surface area contributed by atoms with Crippen molar-refractivity contribution in [3.05, 3.63) is 45.8 Å². The number of nitrogens with zero attached hydrogens (tertiary/aromatic N) is 3. The third kappa shape index (κ3) is 2.09. The van der Waals surface area contributed by atoms with Gasteiger partial charge in [0, 0.05) is 15.4 Å².